The van der Waals surface area contributed by atoms with Gasteiger partial charge in [0.2, 0.25) is 0 Å². The third kappa shape index (κ3) is 5.59. The summed E-state index contributed by atoms with van der Waals surface area (Å²) < 4.78 is 10.7. The number of rotatable bonds is 8. The Balaban J connectivity index is 2.48. The molecule has 0 amide bonds. The van der Waals surface area contributed by atoms with Crippen LogP contribution in [0.2, 0.25) is 0 Å². The van der Waals surface area contributed by atoms with E-state index in [2.05, 4.69) is 0 Å². The van der Waals surface area contributed by atoms with Gasteiger partial charge in [0, 0.05) is 18.4 Å². The Morgan fingerprint density at radius 2 is 1.08 bits per heavy atom. The summed E-state index contributed by atoms with van der Waals surface area (Å²) in [5.41, 5.74) is 3.63. The lowest BCUT2D eigenvalue weighted by molar-refractivity contribution is -0.143. The summed E-state index contributed by atoms with van der Waals surface area (Å²) in [6, 6.07) is 19.7. The lowest BCUT2D eigenvalue weighted by Crippen LogP contribution is -2.14. The van der Waals surface area contributed by atoms with E-state index in [1.807, 2.05) is 60.7 Å². The number of hydrogen-bond donors (Lipinski definition) is 0. The first kappa shape index (κ1) is 19.4. The molecule has 0 N–H and O–H groups in total. The third-order valence-electron chi connectivity index (χ3n) is 3.87. The first-order valence-electron chi connectivity index (χ1n) is 8.79. The van der Waals surface area contributed by atoms with Gasteiger partial charge in [-0.1, -0.05) is 74.5 Å². The van der Waals surface area contributed by atoms with E-state index in [0.717, 1.165) is 22.3 Å². The second-order valence-electron chi connectivity index (χ2n) is 5.74. The molecule has 0 aliphatic carbocycles. The highest BCUT2D eigenvalue weighted by atomic mass is 16.5. The average molecular weight is 352 g/mol. The highest BCUT2D eigenvalue weighted by Crippen LogP contribution is 2.27. The van der Waals surface area contributed by atoms with Crippen LogP contribution in [0.4, 0.5) is 0 Å². The molecule has 0 spiro atoms. The Hall–Kier alpha value is -2.88. The van der Waals surface area contributed by atoms with E-state index in [9.17, 15) is 9.59 Å². The number of hydrogen-bond acceptors (Lipinski definition) is 4. The van der Waals surface area contributed by atoms with Gasteiger partial charge >= 0.3 is 11.9 Å². The van der Waals surface area contributed by atoms with Crippen LogP contribution < -0.4 is 0 Å². The molecule has 0 heterocycles. The van der Waals surface area contributed by atoms with Crippen molar-refractivity contribution in [1.82, 2.24) is 0 Å². The largest absolute Gasteiger partial charge is 0.461 e. The van der Waals surface area contributed by atoms with Gasteiger partial charge in [0.25, 0.3) is 0 Å². The molecule has 4 nitrogen and oxygen atoms in total. The molecule has 2 rings (SSSR count). The molecule has 0 aromatic heterocycles. The van der Waals surface area contributed by atoms with E-state index >= 15 is 0 Å². The number of carbonyl (C=O) groups excluding carboxylic acids is 2. The molecule has 0 atom stereocenters. The second kappa shape index (κ2) is 10.2. The Kier molecular flexibility index (Phi) is 7.62. The lowest BCUT2D eigenvalue weighted by Gasteiger charge is -2.17. The predicted molar refractivity (Wildman–Crippen MR) is 101 cm³/mol. The molecule has 2 aromatic carbocycles. The summed E-state index contributed by atoms with van der Waals surface area (Å²) >= 11 is 0. The van der Waals surface area contributed by atoms with Gasteiger partial charge in [-0.2, -0.15) is 0 Å². The fraction of sp³-hybridized carbons (Fsp3) is 0.273. The van der Waals surface area contributed by atoms with Crippen molar-refractivity contribution in [2.24, 2.45) is 0 Å². The molecule has 0 saturated heterocycles. The van der Waals surface area contributed by atoms with Gasteiger partial charge in [-0.05, 0) is 16.7 Å². The number of esters is 2. The van der Waals surface area contributed by atoms with Crippen LogP contribution >= 0.6 is 0 Å². The Morgan fingerprint density at radius 1 is 0.692 bits per heavy atom. The molecule has 0 radical (unpaired) electrons. The lowest BCUT2D eigenvalue weighted by atomic mass is 9.93. The maximum Gasteiger partial charge on any atom is 0.305 e. The minimum atomic E-state index is -0.287. The van der Waals surface area contributed by atoms with E-state index in [1.165, 1.54) is 0 Å². The number of ether oxygens (including phenoxy) is 2. The summed E-state index contributed by atoms with van der Waals surface area (Å²) in [6.07, 6.45) is 0.599. The van der Waals surface area contributed by atoms with Gasteiger partial charge in [-0.3, -0.25) is 9.59 Å². The monoisotopic (exact) mass is 352 g/mol. The Bertz CT molecular complexity index is 685. The van der Waals surface area contributed by atoms with E-state index < -0.39 is 0 Å². The van der Waals surface area contributed by atoms with E-state index in [-0.39, 0.29) is 25.2 Å². The van der Waals surface area contributed by atoms with Gasteiger partial charge in [-0.15, -0.1) is 0 Å². The summed E-state index contributed by atoms with van der Waals surface area (Å²) in [5.74, 6) is -0.574. The Labute approximate surface area is 154 Å². The Morgan fingerprint density at radius 3 is 1.42 bits per heavy atom. The zero-order valence-corrected chi connectivity index (χ0v) is 15.2. The van der Waals surface area contributed by atoms with Crippen molar-refractivity contribution in [2.45, 2.75) is 26.7 Å². The van der Waals surface area contributed by atoms with Crippen LogP contribution in [0.3, 0.4) is 0 Å². The minimum Gasteiger partial charge on any atom is -0.461 e. The molecular formula is C22H24O4. The molecule has 0 bridgehead atoms. The van der Waals surface area contributed by atoms with Crippen LogP contribution in [0.15, 0.2) is 66.2 Å². The molecule has 0 saturated carbocycles. The van der Waals surface area contributed by atoms with Crippen molar-refractivity contribution >= 4 is 17.5 Å². The molecule has 0 fully saturated rings. The first-order chi connectivity index (χ1) is 12.7. The van der Waals surface area contributed by atoms with E-state index in [4.69, 9.17) is 9.47 Å². The molecule has 136 valence electrons. The van der Waals surface area contributed by atoms with Crippen molar-refractivity contribution in [3.05, 3.63) is 77.4 Å². The van der Waals surface area contributed by atoms with Gasteiger partial charge in [0.1, 0.15) is 13.2 Å². The zero-order chi connectivity index (χ0) is 18.8. The highest BCUT2D eigenvalue weighted by Gasteiger charge is 2.15. The maximum atomic E-state index is 11.7. The quantitative estimate of drug-likeness (QED) is 0.661. The van der Waals surface area contributed by atoms with Crippen molar-refractivity contribution in [3.8, 4) is 0 Å². The molecule has 0 unspecified atom stereocenters. The fourth-order valence-corrected chi connectivity index (χ4v) is 2.51. The van der Waals surface area contributed by atoms with Gasteiger partial charge < -0.3 is 9.47 Å². The van der Waals surface area contributed by atoms with Crippen molar-refractivity contribution in [2.75, 3.05) is 13.2 Å². The summed E-state index contributed by atoms with van der Waals surface area (Å²) in [5, 5.41) is 0. The van der Waals surface area contributed by atoms with Crippen molar-refractivity contribution < 1.29 is 19.1 Å². The van der Waals surface area contributed by atoms with Crippen LogP contribution in [-0.2, 0) is 19.1 Å². The first-order valence-corrected chi connectivity index (χ1v) is 8.79. The molecule has 2 aromatic rings. The minimum absolute atomic E-state index is 0.0861. The molecule has 26 heavy (non-hydrogen) atoms. The average Bonchev–Trinajstić information content (AvgIpc) is 2.70. The molecular weight excluding hydrogens is 328 g/mol. The van der Waals surface area contributed by atoms with Crippen LogP contribution in [0, 0.1) is 0 Å². The van der Waals surface area contributed by atoms with E-state index in [0.29, 0.717) is 12.8 Å². The van der Waals surface area contributed by atoms with Gasteiger partial charge in [0.15, 0.2) is 0 Å². The predicted octanol–water partition coefficient (Wildman–Crippen LogP) is 4.39. The topological polar surface area (TPSA) is 52.6 Å². The summed E-state index contributed by atoms with van der Waals surface area (Å²) in [7, 11) is 0. The van der Waals surface area contributed by atoms with E-state index in [1.54, 1.807) is 13.8 Å². The van der Waals surface area contributed by atoms with Crippen molar-refractivity contribution in [3.63, 3.8) is 0 Å². The SMILES string of the molecule is CCC(=O)OCC(COC(=O)CC)=C(c1ccccc1)c1ccccc1. The third-order valence-corrected chi connectivity index (χ3v) is 3.87. The standard InChI is InChI=1S/C22H24O4/c1-3-20(23)25-15-19(16-26-21(24)4-2)22(17-11-7-5-8-12-17)18-13-9-6-10-14-18/h5-14H,3-4,15-16H2,1-2H3. The second-order valence-corrected chi connectivity index (χ2v) is 5.74. The number of carbonyl (C=O) groups is 2. The summed E-state index contributed by atoms with van der Waals surface area (Å²) in [6.45, 7) is 3.67. The maximum absolute atomic E-state index is 11.7. The number of benzene rings is 2. The zero-order valence-electron chi connectivity index (χ0n) is 15.2. The normalized spacial score (nSPS) is 10.1. The van der Waals surface area contributed by atoms with Gasteiger partial charge in [0.05, 0.1) is 0 Å². The summed E-state index contributed by atoms with van der Waals surface area (Å²) in [4.78, 5) is 23.3. The van der Waals surface area contributed by atoms with Crippen LogP contribution in [0.1, 0.15) is 37.8 Å². The van der Waals surface area contributed by atoms with Crippen LogP contribution in [-0.4, -0.2) is 25.2 Å². The molecule has 0 aliphatic rings. The highest BCUT2D eigenvalue weighted by molar-refractivity contribution is 5.83. The smallest absolute Gasteiger partial charge is 0.305 e. The van der Waals surface area contributed by atoms with Crippen molar-refractivity contribution in [1.29, 1.82) is 0 Å². The molecule has 0 aliphatic heterocycles. The van der Waals surface area contributed by atoms with Gasteiger partial charge in [-0.25, -0.2) is 0 Å². The van der Waals surface area contributed by atoms with Crippen LogP contribution in [0.5, 0.6) is 0 Å². The van der Waals surface area contributed by atoms with Crippen LogP contribution in [0.25, 0.3) is 5.57 Å². The fourth-order valence-electron chi connectivity index (χ4n) is 2.51. The molecule has 4 heteroatoms.